The van der Waals surface area contributed by atoms with Crippen LogP contribution in [0.25, 0.3) is 0 Å². The zero-order valence-corrected chi connectivity index (χ0v) is 17.2. The van der Waals surface area contributed by atoms with Crippen LogP contribution in [0.4, 0.5) is 4.79 Å². The Morgan fingerprint density at radius 2 is 1.52 bits per heavy atom. The van der Waals surface area contributed by atoms with Crippen molar-refractivity contribution in [3.63, 3.8) is 0 Å². The van der Waals surface area contributed by atoms with Crippen molar-refractivity contribution >= 4 is 11.9 Å². The van der Waals surface area contributed by atoms with E-state index in [0.29, 0.717) is 11.9 Å². The molecular weight excluding hydrogens is 338 g/mol. The van der Waals surface area contributed by atoms with Gasteiger partial charge in [-0.05, 0) is 75.5 Å². The highest BCUT2D eigenvalue weighted by Gasteiger charge is 2.44. The van der Waals surface area contributed by atoms with E-state index in [9.17, 15) is 9.59 Å². The van der Waals surface area contributed by atoms with Crippen LogP contribution in [0.2, 0.25) is 0 Å². The molecule has 2 unspecified atom stereocenters. The molecule has 5 rings (SSSR count). The van der Waals surface area contributed by atoms with Crippen LogP contribution in [-0.4, -0.2) is 53.5 Å². The second-order valence-corrected chi connectivity index (χ2v) is 9.65. The Kier molecular flexibility index (Phi) is 5.65. The number of nitrogens with zero attached hydrogens (tertiary/aromatic N) is 2. The first-order valence-electron chi connectivity index (χ1n) is 11.4. The predicted octanol–water partition coefficient (Wildman–Crippen LogP) is 3.63. The predicted molar refractivity (Wildman–Crippen MR) is 106 cm³/mol. The highest BCUT2D eigenvalue weighted by atomic mass is 16.2. The zero-order chi connectivity index (χ0) is 19.0. The molecule has 1 N–H and O–H groups in total. The van der Waals surface area contributed by atoms with Crippen molar-refractivity contribution in [2.45, 2.75) is 83.7 Å². The van der Waals surface area contributed by atoms with Gasteiger partial charge in [0.05, 0.1) is 0 Å². The SMILES string of the molecule is CCC(CC)C(=O)N1CCC(NC(=O)N2CC3CC4CC(C3)CC2C4)CC1. The van der Waals surface area contributed by atoms with Crippen LogP contribution in [0.5, 0.6) is 0 Å². The third-order valence-electron chi connectivity index (χ3n) is 7.84. The van der Waals surface area contributed by atoms with E-state index in [1.165, 1.54) is 32.1 Å². The van der Waals surface area contributed by atoms with E-state index >= 15 is 0 Å². The molecule has 2 saturated carbocycles. The summed E-state index contributed by atoms with van der Waals surface area (Å²) in [6, 6.07) is 0.858. The molecule has 0 aromatic heterocycles. The summed E-state index contributed by atoms with van der Waals surface area (Å²) >= 11 is 0. The number of likely N-dealkylation sites (tertiary alicyclic amines) is 1. The van der Waals surface area contributed by atoms with E-state index in [-0.39, 0.29) is 18.0 Å². The molecule has 4 bridgehead atoms. The van der Waals surface area contributed by atoms with Gasteiger partial charge < -0.3 is 15.1 Å². The first-order valence-corrected chi connectivity index (χ1v) is 11.4. The lowest BCUT2D eigenvalue weighted by atomic mass is 9.68. The summed E-state index contributed by atoms with van der Waals surface area (Å²) in [6.45, 7) is 6.74. The van der Waals surface area contributed by atoms with Crippen LogP contribution in [-0.2, 0) is 4.79 Å². The largest absolute Gasteiger partial charge is 0.342 e. The van der Waals surface area contributed by atoms with Crippen molar-refractivity contribution in [1.29, 1.82) is 0 Å². The minimum atomic E-state index is 0.165. The molecule has 0 aromatic rings. The molecule has 0 aromatic carbocycles. The first kappa shape index (κ1) is 19.1. The van der Waals surface area contributed by atoms with Crippen LogP contribution in [0.1, 0.15) is 71.6 Å². The minimum absolute atomic E-state index is 0.165. The van der Waals surface area contributed by atoms with Crippen molar-refractivity contribution in [3.8, 4) is 0 Å². The molecule has 2 aliphatic carbocycles. The van der Waals surface area contributed by atoms with Gasteiger partial charge in [0, 0.05) is 37.6 Å². The summed E-state index contributed by atoms with van der Waals surface area (Å²) < 4.78 is 0. The molecule has 3 amide bonds. The Hall–Kier alpha value is -1.26. The average molecular weight is 376 g/mol. The first-order chi connectivity index (χ1) is 13.1. The number of hydrogen-bond donors (Lipinski definition) is 1. The fourth-order valence-electron chi connectivity index (χ4n) is 6.43. The van der Waals surface area contributed by atoms with Gasteiger partial charge in [-0.3, -0.25) is 4.79 Å². The molecule has 5 heteroatoms. The number of urea groups is 1. The molecule has 152 valence electrons. The molecule has 5 fully saturated rings. The van der Waals surface area contributed by atoms with Gasteiger partial charge in [0.1, 0.15) is 0 Å². The molecule has 3 aliphatic heterocycles. The number of piperidine rings is 1. The second-order valence-electron chi connectivity index (χ2n) is 9.65. The summed E-state index contributed by atoms with van der Waals surface area (Å²) in [6.07, 6.45) is 10.2. The maximum atomic E-state index is 13.0. The Labute approximate surface area is 164 Å². The summed E-state index contributed by atoms with van der Waals surface area (Å²) in [4.78, 5) is 29.8. The van der Waals surface area contributed by atoms with Crippen LogP contribution in [0.15, 0.2) is 0 Å². The smallest absolute Gasteiger partial charge is 0.317 e. The van der Waals surface area contributed by atoms with Crippen LogP contribution in [0.3, 0.4) is 0 Å². The fourth-order valence-corrected chi connectivity index (χ4v) is 6.43. The summed E-state index contributed by atoms with van der Waals surface area (Å²) in [5.74, 6) is 2.94. The summed E-state index contributed by atoms with van der Waals surface area (Å²) in [5, 5.41) is 3.32. The van der Waals surface area contributed by atoms with E-state index in [2.05, 4.69) is 24.1 Å². The van der Waals surface area contributed by atoms with E-state index in [4.69, 9.17) is 0 Å². The number of carbonyl (C=O) groups excluding carboxylic acids is 2. The van der Waals surface area contributed by atoms with Crippen LogP contribution in [0, 0.1) is 23.7 Å². The van der Waals surface area contributed by atoms with E-state index < -0.39 is 0 Å². The lowest BCUT2D eigenvalue weighted by Crippen LogP contribution is -2.53. The number of nitrogens with one attached hydrogen (secondary N) is 1. The topological polar surface area (TPSA) is 52.7 Å². The lowest BCUT2D eigenvalue weighted by molar-refractivity contribution is -0.136. The number of rotatable bonds is 4. The highest BCUT2D eigenvalue weighted by molar-refractivity contribution is 5.79. The van der Waals surface area contributed by atoms with Gasteiger partial charge in [-0.1, -0.05) is 13.8 Å². The van der Waals surface area contributed by atoms with E-state index in [1.54, 1.807) is 0 Å². The maximum absolute atomic E-state index is 13.0. The van der Waals surface area contributed by atoms with Gasteiger partial charge in [-0.15, -0.1) is 0 Å². The Balaban J connectivity index is 1.29. The van der Waals surface area contributed by atoms with Gasteiger partial charge in [0.15, 0.2) is 0 Å². The number of carbonyl (C=O) groups is 2. The van der Waals surface area contributed by atoms with Crippen molar-refractivity contribution in [1.82, 2.24) is 15.1 Å². The molecule has 3 heterocycles. The van der Waals surface area contributed by atoms with Crippen molar-refractivity contribution in [3.05, 3.63) is 0 Å². The van der Waals surface area contributed by atoms with Gasteiger partial charge in [0.2, 0.25) is 5.91 Å². The third-order valence-corrected chi connectivity index (χ3v) is 7.84. The number of hydrogen-bond acceptors (Lipinski definition) is 2. The number of amides is 3. The monoisotopic (exact) mass is 375 g/mol. The Morgan fingerprint density at radius 3 is 2.11 bits per heavy atom. The molecule has 3 saturated heterocycles. The average Bonchev–Trinajstić information content (AvgIpc) is 2.86. The van der Waals surface area contributed by atoms with Gasteiger partial charge in [-0.2, -0.15) is 0 Å². The van der Waals surface area contributed by atoms with Crippen molar-refractivity contribution in [2.24, 2.45) is 23.7 Å². The molecule has 0 spiro atoms. The van der Waals surface area contributed by atoms with E-state index in [1.807, 2.05) is 4.90 Å². The second kappa shape index (κ2) is 8.00. The maximum Gasteiger partial charge on any atom is 0.317 e. The highest BCUT2D eigenvalue weighted by Crippen LogP contribution is 2.47. The van der Waals surface area contributed by atoms with Gasteiger partial charge in [-0.25, -0.2) is 4.79 Å². The normalized spacial score (nSPS) is 33.4. The Bertz CT molecular complexity index is 540. The van der Waals surface area contributed by atoms with Crippen LogP contribution < -0.4 is 5.32 Å². The third kappa shape index (κ3) is 3.97. The molecule has 27 heavy (non-hydrogen) atoms. The minimum Gasteiger partial charge on any atom is -0.342 e. The van der Waals surface area contributed by atoms with Crippen molar-refractivity contribution in [2.75, 3.05) is 19.6 Å². The fraction of sp³-hybridized carbons (Fsp3) is 0.909. The summed E-state index contributed by atoms with van der Waals surface area (Å²) in [7, 11) is 0. The molecule has 5 aliphatic rings. The van der Waals surface area contributed by atoms with E-state index in [0.717, 1.165) is 63.1 Å². The van der Waals surface area contributed by atoms with Crippen LogP contribution >= 0.6 is 0 Å². The number of fused-ring (bicyclic) bond motifs is 1. The summed E-state index contributed by atoms with van der Waals surface area (Å²) in [5.41, 5.74) is 0. The quantitative estimate of drug-likeness (QED) is 0.816. The molecule has 2 atom stereocenters. The van der Waals surface area contributed by atoms with Gasteiger partial charge in [0.25, 0.3) is 0 Å². The van der Waals surface area contributed by atoms with Crippen molar-refractivity contribution < 1.29 is 9.59 Å². The van der Waals surface area contributed by atoms with Gasteiger partial charge >= 0.3 is 6.03 Å². The standard InChI is InChI=1S/C22H37N3O2/c1-3-18(4-2)21(26)24-7-5-19(6-8-24)23-22(27)25-14-17-10-15-9-16(11-17)13-20(25)12-15/h15-20H,3-14H2,1-2H3,(H,23,27). The zero-order valence-electron chi connectivity index (χ0n) is 17.2. The molecule has 5 nitrogen and oxygen atoms in total. The Morgan fingerprint density at radius 1 is 0.926 bits per heavy atom. The molecular formula is C22H37N3O2. The lowest BCUT2D eigenvalue weighted by Gasteiger charge is -2.39. The molecule has 0 radical (unpaired) electrons.